The molecule has 5 nitrogen and oxygen atoms in total. The number of aryl methyl sites for hydroxylation is 1. The van der Waals surface area contributed by atoms with Crippen molar-refractivity contribution in [3.8, 4) is 6.07 Å². The number of halogens is 1. The molecule has 0 amide bonds. The number of nitriles is 1. The Morgan fingerprint density at radius 1 is 1.44 bits per heavy atom. The number of anilines is 1. The molecule has 0 radical (unpaired) electrons. The maximum Gasteiger partial charge on any atom is 0.148 e. The van der Waals surface area contributed by atoms with Crippen molar-refractivity contribution in [2.24, 2.45) is 7.05 Å². The van der Waals surface area contributed by atoms with Gasteiger partial charge in [0.05, 0.1) is 12.1 Å². The lowest BCUT2D eigenvalue weighted by Gasteiger charge is -2.19. The molecule has 0 atom stereocenters. The number of imidazole rings is 1. The molecule has 0 fully saturated rings. The highest BCUT2D eigenvalue weighted by Gasteiger charge is 2.13. The van der Waals surface area contributed by atoms with Crippen molar-refractivity contribution in [2.75, 3.05) is 11.9 Å². The Labute approximate surface area is 110 Å². The van der Waals surface area contributed by atoms with Gasteiger partial charge in [0.25, 0.3) is 0 Å². The summed E-state index contributed by atoms with van der Waals surface area (Å²) in [6.07, 6.45) is 5.20. The molecular formula is C12H12ClN5. The predicted octanol–water partition coefficient (Wildman–Crippen LogP) is 1.98. The van der Waals surface area contributed by atoms with E-state index in [2.05, 4.69) is 9.97 Å². The van der Waals surface area contributed by atoms with Crippen LogP contribution in [-0.4, -0.2) is 21.6 Å². The third-order valence-electron chi connectivity index (χ3n) is 2.65. The summed E-state index contributed by atoms with van der Waals surface area (Å²) in [5, 5.41) is 9.30. The molecule has 0 aliphatic carbocycles. The largest absolute Gasteiger partial charge is 0.351 e. The monoisotopic (exact) mass is 261 g/mol. The second kappa shape index (κ2) is 5.07. The van der Waals surface area contributed by atoms with Gasteiger partial charge in [-0.3, -0.25) is 0 Å². The van der Waals surface area contributed by atoms with Gasteiger partial charge >= 0.3 is 0 Å². The summed E-state index contributed by atoms with van der Waals surface area (Å²) < 4.78 is 1.93. The van der Waals surface area contributed by atoms with E-state index in [0.29, 0.717) is 22.9 Å². The molecule has 2 aromatic rings. The molecule has 92 valence electrons. The fraction of sp³-hybridized carbons (Fsp3) is 0.250. The van der Waals surface area contributed by atoms with Crippen LogP contribution in [0.25, 0.3) is 0 Å². The number of hydrogen-bond donors (Lipinski definition) is 0. The summed E-state index contributed by atoms with van der Waals surface area (Å²) in [5.74, 6) is 1.48. The number of hydrogen-bond acceptors (Lipinski definition) is 4. The molecular weight excluding hydrogens is 250 g/mol. The molecule has 2 rings (SSSR count). The van der Waals surface area contributed by atoms with Crippen molar-refractivity contribution in [2.45, 2.75) is 6.54 Å². The van der Waals surface area contributed by atoms with Crippen molar-refractivity contribution >= 4 is 17.4 Å². The highest BCUT2D eigenvalue weighted by molar-refractivity contribution is 6.34. The molecule has 0 aromatic carbocycles. The zero-order chi connectivity index (χ0) is 13.1. The molecule has 2 heterocycles. The van der Waals surface area contributed by atoms with Crippen LogP contribution in [0.4, 0.5) is 5.82 Å². The number of rotatable bonds is 3. The van der Waals surface area contributed by atoms with Crippen molar-refractivity contribution in [3.63, 3.8) is 0 Å². The molecule has 6 heteroatoms. The van der Waals surface area contributed by atoms with E-state index in [4.69, 9.17) is 16.9 Å². The van der Waals surface area contributed by atoms with Gasteiger partial charge in [-0.1, -0.05) is 11.6 Å². The molecule has 0 unspecified atom stereocenters. The molecule has 0 saturated heterocycles. The molecule has 0 bridgehead atoms. The SMILES string of the molecule is CN(Cc1nccn1C)c1nccc(C#N)c1Cl. The van der Waals surface area contributed by atoms with E-state index in [1.165, 1.54) is 0 Å². The fourth-order valence-corrected chi connectivity index (χ4v) is 1.92. The first-order valence-corrected chi connectivity index (χ1v) is 5.73. The smallest absolute Gasteiger partial charge is 0.148 e. The first kappa shape index (κ1) is 12.4. The van der Waals surface area contributed by atoms with E-state index < -0.39 is 0 Å². The Morgan fingerprint density at radius 3 is 2.83 bits per heavy atom. The highest BCUT2D eigenvalue weighted by atomic mass is 35.5. The van der Waals surface area contributed by atoms with E-state index in [9.17, 15) is 0 Å². The first-order valence-electron chi connectivity index (χ1n) is 5.35. The van der Waals surface area contributed by atoms with Crippen LogP contribution in [0.15, 0.2) is 24.7 Å². The second-order valence-electron chi connectivity index (χ2n) is 3.92. The minimum Gasteiger partial charge on any atom is -0.351 e. The summed E-state index contributed by atoms with van der Waals surface area (Å²) in [5.41, 5.74) is 0.424. The van der Waals surface area contributed by atoms with Crippen LogP contribution in [0.3, 0.4) is 0 Å². The third-order valence-corrected chi connectivity index (χ3v) is 3.03. The lowest BCUT2D eigenvalue weighted by molar-refractivity contribution is 0.755. The van der Waals surface area contributed by atoms with Crippen LogP contribution in [0.5, 0.6) is 0 Å². The van der Waals surface area contributed by atoms with Crippen LogP contribution < -0.4 is 4.90 Å². The Balaban J connectivity index is 2.27. The molecule has 2 aromatic heterocycles. The Bertz CT molecular complexity index is 599. The second-order valence-corrected chi connectivity index (χ2v) is 4.30. The Kier molecular flexibility index (Phi) is 3.49. The average molecular weight is 262 g/mol. The van der Waals surface area contributed by atoms with Crippen molar-refractivity contribution < 1.29 is 0 Å². The molecule has 0 aliphatic heterocycles. The van der Waals surface area contributed by atoms with Gasteiger partial charge in [0.15, 0.2) is 0 Å². The Hall–Kier alpha value is -2.06. The minimum absolute atomic E-state index is 0.372. The van der Waals surface area contributed by atoms with Gasteiger partial charge in [-0.25, -0.2) is 9.97 Å². The topological polar surface area (TPSA) is 57.7 Å². The van der Waals surface area contributed by atoms with Gasteiger partial charge < -0.3 is 9.47 Å². The van der Waals surface area contributed by atoms with Crippen LogP contribution in [-0.2, 0) is 13.6 Å². The summed E-state index contributed by atoms with van der Waals surface area (Å²) in [6, 6.07) is 3.64. The van der Waals surface area contributed by atoms with Crippen LogP contribution in [0.1, 0.15) is 11.4 Å². The fourth-order valence-electron chi connectivity index (χ4n) is 1.62. The highest BCUT2D eigenvalue weighted by Crippen LogP contribution is 2.26. The van der Waals surface area contributed by atoms with E-state index >= 15 is 0 Å². The van der Waals surface area contributed by atoms with E-state index in [1.54, 1.807) is 18.5 Å². The third kappa shape index (κ3) is 2.29. The predicted molar refractivity (Wildman–Crippen MR) is 69.3 cm³/mol. The van der Waals surface area contributed by atoms with Gasteiger partial charge in [-0.2, -0.15) is 5.26 Å². The zero-order valence-electron chi connectivity index (χ0n) is 10.1. The van der Waals surface area contributed by atoms with Crippen molar-refractivity contribution in [3.05, 3.63) is 41.1 Å². The Morgan fingerprint density at radius 2 is 2.22 bits per heavy atom. The number of pyridine rings is 1. The van der Waals surface area contributed by atoms with Crippen LogP contribution in [0.2, 0.25) is 5.02 Å². The molecule has 0 saturated carbocycles. The van der Waals surface area contributed by atoms with Crippen LogP contribution >= 0.6 is 11.6 Å². The standard InChI is InChI=1S/C12H12ClN5/c1-17-6-5-15-10(17)8-18(2)12-11(13)9(7-14)3-4-16-12/h3-6H,8H2,1-2H3. The normalized spacial score (nSPS) is 10.1. The van der Waals surface area contributed by atoms with Gasteiger partial charge in [-0.05, 0) is 6.07 Å². The molecule has 18 heavy (non-hydrogen) atoms. The summed E-state index contributed by atoms with van der Waals surface area (Å²) in [7, 11) is 3.79. The quantitative estimate of drug-likeness (QED) is 0.848. The zero-order valence-corrected chi connectivity index (χ0v) is 10.9. The first-order chi connectivity index (χ1) is 8.63. The van der Waals surface area contributed by atoms with Crippen LogP contribution in [0, 0.1) is 11.3 Å². The molecule has 0 aliphatic rings. The lowest BCUT2D eigenvalue weighted by atomic mass is 10.3. The summed E-state index contributed by atoms with van der Waals surface area (Å²) >= 11 is 6.13. The van der Waals surface area contributed by atoms with E-state index in [-0.39, 0.29) is 0 Å². The number of aromatic nitrogens is 3. The lowest BCUT2D eigenvalue weighted by Crippen LogP contribution is -2.20. The van der Waals surface area contributed by atoms with Gasteiger partial charge in [0, 0.05) is 32.7 Å². The van der Waals surface area contributed by atoms with E-state index in [1.807, 2.05) is 35.8 Å². The molecule has 0 spiro atoms. The van der Waals surface area contributed by atoms with Gasteiger partial charge in [-0.15, -0.1) is 0 Å². The average Bonchev–Trinajstić information content (AvgIpc) is 2.75. The minimum atomic E-state index is 0.372. The van der Waals surface area contributed by atoms with Gasteiger partial charge in [0.2, 0.25) is 0 Å². The van der Waals surface area contributed by atoms with Crippen molar-refractivity contribution in [1.82, 2.24) is 14.5 Å². The maximum atomic E-state index is 8.93. The number of nitrogens with zero attached hydrogens (tertiary/aromatic N) is 5. The summed E-state index contributed by atoms with van der Waals surface area (Å²) in [6.45, 7) is 0.575. The van der Waals surface area contributed by atoms with Crippen molar-refractivity contribution in [1.29, 1.82) is 5.26 Å². The van der Waals surface area contributed by atoms with E-state index in [0.717, 1.165) is 5.82 Å². The van der Waals surface area contributed by atoms with Gasteiger partial charge in [0.1, 0.15) is 22.7 Å². The summed E-state index contributed by atoms with van der Waals surface area (Å²) in [4.78, 5) is 10.3. The molecule has 0 N–H and O–H groups in total. The maximum absolute atomic E-state index is 8.93.